The lowest BCUT2D eigenvalue weighted by atomic mass is 9.65. The number of hydrogen-bond acceptors (Lipinski definition) is 4. The fourth-order valence-corrected chi connectivity index (χ4v) is 11.0. The third-order valence-corrected chi connectivity index (χ3v) is 13.1. The molecule has 4 rings (SSSR count). The minimum atomic E-state index is -2.71. The Kier molecular flexibility index (Phi) is 7.75. The molecule has 1 aliphatic carbocycles. The lowest BCUT2D eigenvalue weighted by Crippen LogP contribution is -2.69. The number of hydrogen-bond donors (Lipinski definition) is 1. The topological polar surface area (TPSA) is 47.9 Å². The van der Waals surface area contributed by atoms with Crippen LogP contribution in [0.5, 0.6) is 0 Å². The zero-order valence-electron chi connectivity index (χ0n) is 21.8. The molecule has 5 heteroatoms. The highest BCUT2D eigenvalue weighted by atomic mass is 28.4. The zero-order valence-corrected chi connectivity index (χ0v) is 22.8. The number of aliphatic hydroxyl groups is 1. The monoisotopic (exact) mass is 494 g/mol. The Hall–Kier alpha value is -1.76. The quantitative estimate of drug-likeness (QED) is 0.405. The van der Waals surface area contributed by atoms with Gasteiger partial charge in [-0.05, 0) is 52.9 Å². The van der Waals surface area contributed by atoms with Gasteiger partial charge in [-0.2, -0.15) is 0 Å². The van der Waals surface area contributed by atoms with Crippen molar-refractivity contribution in [1.82, 2.24) is 0 Å². The van der Waals surface area contributed by atoms with E-state index in [1.807, 2.05) is 0 Å². The normalized spacial score (nSPS) is 28.2. The van der Waals surface area contributed by atoms with Crippen molar-refractivity contribution < 1.29 is 19.0 Å². The van der Waals surface area contributed by atoms with Crippen molar-refractivity contribution in [2.45, 2.75) is 82.8 Å². The van der Waals surface area contributed by atoms with Crippen molar-refractivity contribution in [3.8, 4) is 0 Å². The SMILES string of the molecule is C=C[C@]1(O)CC[C@@H](O[Si](c2ccccc2)(c2ccccc2)C(C)(C)C)[C@](C)(CCC2OCCO2)C1. The Morgan fingerprint density at radius 3 is 2.06 bits per heavy atom. The summed E-state index contributed by atoms with van der Waals surface area (Å²) in [6.07, 6.45) is 5.28. The van der Waals surface area contributed by atoms with Gasteiger partial charge in [0.25, 0.3) is 8.32 Å². The second-order valence-corrected chi connectivity index (χ2v) is 15.9. The van der Waals surface area contributed by atoms with E-state index in [4.69, 9.17) is 13.9 Å². The second kappa shape index (κ2) is 10.3. The van der Waals surface area contributed by atoms with E-state index >= 15 is 0 Å². The minimum Gasteiger partial charge on any atom is -0.404 e. The summed E-state index contributed by atoms with van der Waals surface area (Å²) in [5, 5.41) is 13.8. The predicted molar refractivity (Wildman–Crippen MR) is 145 cm³/mol. The van der Waals surface area contributed by atoms with Gasteiger partial charge in [0.2, 0.25) is 0 Å². The fraction of sp³-hybridized carbons (Fsp3) is 0.533. The van der Waals surface area contributed by atoms with Crippen molar-refractivity contribution in [3.63, 3.8) is 0 Å². The molecule has 2 aliphatic rings. The standard InChI is InChI=1S/C30H42O4Si/c1-6-30(31)20-17-26(29(5,23-30)19-18-27-32-21-22-33-27)34-35(28(2,3)4,24-13-9-7-10-14-24)25-15-11-8-12-16-25/h6-16,26-27,31H,1,17-23H2,2-5H3/t26-,29-,30+/m1/s1. The van der Waals surface area contributed by atoms with Gasteiger partial charge in [0.05, 0.1) is 24.9 Å². The molecular weight excluding hydrogens is 452 g/mol. The minimum absolute atomic E-state index is 0.00423. The molecule has 1 aliphatic heterocycles. The third-order valence-electron chi connectivity index (χ3n) is 8.08. The van der Waals surface area contributed by atoms with Crippen LogP contribution in [0, 0.1) is 5.41 Å². The average Bonchev–Trinajstić information content (AvgIpc) is 3.37. The van der Waals surface area contributed by atoms with Crippen LogP contribution in [0.15, 0.2) is 73.3 Å². The first kappa shape index (κ1) is 26.3. The van der Waals surface area contributed by atoms with E-state index in [0.29, 0.717) is 26.1 Å². The first-order valence-electron chi connectivity index (χ1n) is 13.0. The summed E-state index contributed by atoms with van der Waals surface area (Å²) in [6.45, 7) is 14.5. The fourth-order valence-electron chi connectivity index (χ4n) is 6.18. The molecule has 1 heterocycles. The van der Waals surface area contributed by atoms with Crippen molar-refractivity contribution in [1.29, 1.82) is 0 Å². The van der Waals surface area contributed by atoms with E-state index in [1.165, 1.54) is 10.4 Å². The second-order valence-electron chi connectivity index (χ2n) is 11.7. The molecule has 35 heavy (non-hydrogen) atoms. The van der Waals surface area contributed by atoms with Crippen molar-refractivity contribution in [2.24, 2.45) is 5.41 Å². The van der Waals surface area contributed by atoms with E-state index in [-0.39, 0.29) is 22.8 Å². The maximum Gasteiger partial charge on any atom is 0.261 e. The van der Waals surface area contributed by atoms with Gasteiger partial charge in [0.15, 0.2) is 6.29 Å². The summed E-state index contributed by atoms with van der Waals surface area (Å²) < 4.78 is 19.1. The van der Waals surface area contributed by atoms with Gasteiger partial charge < -0.3 is 19.0 Å². The van der Waals surface area contributed by atoms with Gasteiger partial charge in [-0.15, -0.1) is 6.58 Å². The molecular formula is C30H42O4Si. The molecule has 0 amide bonds. The Labute approximate surface area is 212 Å². The summed E-state index contributed by atoms with van der Waals surface area (Å²) in [7, 11) is -2.71. The molecule has 0 radical (unpaired) electrons. The van der Waals surface area contributed by atoms with Crippen LogP contribution in [0.3, 0.4) is 0 Å². The van der Waals surface area contributed by atoms with Crippen LogP contribution in [-0.4, -0.2) is 44.6 Å². The number of benzene rings is 2. The van der Waals surface area contributed by atoms with Crippen molar-refractivity contribution in [2.75, 3.05) is 13.2 Å². The van der Waals surface area contributed by atoms with Crippen LogP contribution < -0.4 is 10.4 Å². The zero-order chi connectivity index (χ0) is 25.2. The van der Waals surface area contributed by atoms with Gasteiger partial charge >= 0.3 is 0 Å². The van der Waals surface area contributed by atoms with Crippen LogP contribution in [0.25, 0.3) is 0 Å². The first-order chi connectivity index (χ1) is 16.6. The molecule has 0 spiro atoms. The van der Waals surface area contributed by atoms with Gasteiger partial charge in [-0.25, -0.2) is 0 Å². The van der Waals surface area contributed by atoms with Crippen LogP contribution in [0.2, 0.25) is 5.04 Å². The van der Waals surface area contributed by atoms with E-state index in [2.05, 4.69) is 94.9 Å². The predicted octanol–water partition coefficient (Wildman–Crippen LogP) is 5.19. The number of ether oxygens (including phenoxy) is 2. The lowest BCUT2D eigenvalue weighted by molar-refractivity contribution is -0.0985. The molecule has 1 N–H and O–H groups in total. The highest BCUT2D eigenvalue weighted by molar-refractivity contribution is 6.99. The molecule has 1 saturated heterocycles. The Bertz CT molecular complexity index is 927. The Balaban J connectivity index is 1.77. The lowest BCUT2D eigenvalue weighted by Gasteiger charge is -2.53. The first-order valence-corrected chi connectivity index (χ1v) is 14.9. The maximum absolute atomic E-state index is 11.3. The van der Waals surface area contributed by atoms with Crippen LogP contribution in [-0.2, 0) is 13.9 Å². The van der Waals surface area contributed by atoms with E-state index in [1.54, 1.807) is 6.08 Å². The Morgan fingerprint density at radius 1 is 1.03 bits per heavy atom. The molecule has 2 fully saturated rings. The van der Waals surface area contributed by atoms with Gasteiger partial charge in [-0.1, -0.05) is 94.4 Å². The molecule has 190 valence electrons. The highest BCUT2D eigenvalue weighted by Gasteiger charge is 2.55. The van der Waals surface area contributed by atoms with Gasteiger partial charge in [0, 0.05) is 0 Å². The molecule has 0 unspecified atom stereocenters. The molecule has 1 saturated carbocycles. The molecule has 0 bridgehead atoms. The van der Waals surface area contributed by atoms with Crippen molar-refractivity contribution in [3.05, 3.63) is 73.3 Å². The summed E-state index contributed by atoms with van der Waals surface area (Å²) in [4.78, 5) is 0. The molecule has 4 nitrogen and oxygen atoms in total. The summed E-state index contributed by atoms with van der Waals surface area (Å²) in [5.74, 6) is 0. The maximum atomic E-state index is 11.3. The van der Waals surface area contributed by atoms with Crippen LogP contribution in [0.1, 0.15) is 59.8 Å². The van der Waals surface area contributed by atoms with E-state index in [0.717, 1.165) is 19.3 Å². The van der Waals surface area contributed by atoms with E-state index < -0.39 is 13.9 Å². The summed E-state index contributed by atoms with van der Waals surface area (Å²) in [6, 6.07) is 21.6. The van der Waals surface area contributed by atoms with E-state index in [9.17, 15) is 5.11 Å². The number of rotatable bonds is 8. The molecule has 2 aromatic rings. The molecule has 2 aromatic carbocycles. The average molecular weight is 495 g/mol. The third kappa shape index (κ3) is 5.35. The Morgan fingerprint density at radius 2 is 1.57 bits per heavy atom. The largest absolute Gasteiger partial charge is 0.404 e. The molecule has 3 atom stereocenters. The van der Waals surface area contributed by atoms with Crippen LogP contribution >= 0.6 is 0 Å². The summed E-state index contributed by atoms with van der Waals surface area (Å²) >= 11 is 0. The van der Waals surface area contributed by atoms with Crippen molar-refractivity contribution >= 4 is 18.7 Å². The van der Waals surface area contributed by atoms with Crippen LogP contribution in [0.4, 0.5) is 0 Å². The van der Waals surface area contributed by atoms with Gasteiger partial charge in [-0.3, -0.25) is 0 Å². The molecule has 0 aromatic heterocycles. The summed E-state index contributed by atoms with van der Waals surface area (Å²) in [5.41, 5.74) is -1.12. The smallest absolute Gasteiger partial charge is 0.261 e. The highest BCUT2D eigenvalue weighted by Crippen LogP contribution is 2.50. The van der Waals surface area contributed by atoms with Gasteiger partial charge in [0.1, 0.15) is 0 Å².